The maximum atomic E-state index is 7.94. The average molecular weight is 607 g/mol. The van der Waals surface area contributed by atoms with Crippen molar-refractivity contribution in [3.05, 3.63) is 196 Å². The summed E-state index contributed by atoms with van der Waals surface area (Å²) in [5, 5.41) is 3.64. The molecule has 0 bridgehead atoms. The maximum Gasteiger partial charge on any atom is 0.247 e. The standard InChI is InChI=1S/C42H39ClSi/c1-31-4-10-34(11-5-31)28-37-16-22-40(23-17-37)44(43,41-24-18-38(19-25-41)29-35-12-6-32(2)7-13-35)42-26-20-39(21-27-42)30-36-14-8-33(3)9-15-36/h4-27H,28-30H2,1-3H3. The molecule has 0 aromatic heterocycles. The summed E-state index contributed by atoms with van der Waals surface area (Å²) in [5.74, 6) is 0. The van der Waals surface area contributed by atoms with Crippen LogP contribution in [-0.4, -0.2) is 7.38 Å². The highest BCUT2D eigenvalue weighted by atomic mass is 35.6. The molecule has 0 saturated heterocycles. The Balaban J connectivity index is 1.31. The van der Waals surface area contributed by atoms with E-state index in [9.17, 15) is 0 Å². The van der Waals surface area contributed by atoms with Crippen LogP contribution in [-0.2, 0) is 19.3 Å². The monoisotopic (exact) mass is 606 g/mol. The number of rotatable bonds is 9. The Morgan fingerprint density at radius 3 is 0.705 bits per heavy atom. The van der Waals surface area contributed by atoms with E-state index in [0.29, 0.717) is 0 Å². The van der Waals surface area contributed by atoms with Crippen LogP contribution >= 0.6 is 11.1 Å². The third-order valence-electron chi connectivity index (χ3n) is 8.64. The SMILES string of the molecule is Cc1ccc(Cc2ccc([Si](Cl)(c3ccc(Cc4ccc(C)cc4)cc3)c3ccc(Cc4ccc(C)cc4)cc3)cc2)cc1. The van der Waals surface area contributed by atoms with Gasteiger partial charge in [0.2, 0.25) is 7.38 Å². The van der Waals surface area contributed by atoms with Crippen LogP contribution in [0.5, 0.6) is 0 Å². The average Bonchev–Trinajstić information content (AvgIpc) is 3.05. The molecule has 0 N–H and O–H groups in total. The second-order valence-electron chi connectivity index (χ2n) is 12.2. The first-order valence-corrected chi connectivity index (χ1v) is 18.5. The molecular weight excluding hydrogens is 568 g/mol. The Morgan fingerprint density at radius 1 is 0.318 bits per heavy atom. The van der Waals surface area contributed by atoms with E-state index < -0.39 is 7.38 Å². The maximum absolute atomic E-state index is 7.94. The van der Waals surface area contributed by atoms with Gasteiger partial charge in [0, 0.05) is 0 Å². The lowest BCUT2D eigenvalue weighted by atomic mass is 10.0. The molecule has 0 heterocycles. The second kappa shape index (κ2) is 13.2. The fourth-order valence-electron chi connectivity index (χ4n) is 5.88. The first-order chi connectivity index (χ1) is 21.3. The molecule has 6 aromatic rings. The Morgan fingerprint density at radius 2 is 0.500 bits per heavy atom. The van der Waals surface area contributed by atoms with E-state index in [0.717, 1.165) is 19.3 Å². The predicted octanol–water partition coefficient (Wildman–Crippen LogP) is 8.59. The van der Waals surface area contributed by atoms with Gasteiger partial charge in [-0.15, -0.1) is 11.1 Å². The van der Waals surface area contributed by atoms with Gasteiger partial charge in [-0.05, 0) is 89.0 Å². The van der Waals surface area contributed by atoms with Crippen LogP contribution in [0, 0.1) is 20.8 Å². The van der Waals surface area contributed by atoms with Gasteiger partial charge in [-0.1, -0.05) is 162 Å². The number of benzene rings is 6. The van der Waals surface area contributed by atoms with Gasteiger partial charge >= 0.3 is 0 Å². The predicted molar refractivity (Wildman–Crippen MR) is 192 cm³/mol. The Bertz CT molecular complexity index is 1580. The highest BCUT2D eigenvalue weighted by molar-refractivity contribution is 7.40. The molecule has 218 valence electrons. The van der Waals surface area contributed by atoms with E-state index in [1.807, 2.05) is 0 Å². The Labute approximate surface area is 268 Å². The summed E-state index contributed by atoms with van der Waals surface area (Å²) < 4.78 is 0. The van der Waals surface area contributed by atoms with Crippen molar-refractivity contribution in [1.29, 1.82) is 0 Å². The van der Waals surface area contributed by atoms with Crippen molar-refractivity contribution in [2.24, 2.45) is 0 Å². The second-order valence-corrected chi connectivity index (χ2v) is 17.0. The zero-order valence-corrected chi connectivity index (χ0v) is 27.6. The third-order valence-corrected chi connectivity index (χ3v) is 14.0. The third kappa shape index (κ3) is 6.96. The molecule has 6 rings (SSSR count). The number of hydrogen-bond donors (Lipinski definition) is 0. The summed E-state index contributed by atoms with van der Waals surface area (Å²) in [7, 11) is -2.77. The van der Waals surface area contributed by atoms with Gasteiger partial charge in [-0.2, -0.15) is 0 Å². The zero-order chi connectivity index (χ0) is 30.5. The van der Waals surface area contributed by atoms with Crippen LogP contribution in [0.4, 0.5) is 0 Å². The van der Waals surface area contributed by atoms with Crippen LogP contribution in [0.2, 0.25) is 0 Å². The lowest BCUT2D eigenvalue weighted by Crippen LogP contribution is -2.62. The molecule has 0 radical (unpaired) electrons. The molecule has 0 aliphatic carbocycles. The molecule has 0 saturated carbocycles. The minimum Gasteiger partial charge on any atom is -0.149 e. The smallest absolute Gasteiger partial charge is 0.149 e. The van der Waals surface area contributed by atoms with Crippen molar-refractivity contribution in [3.63, 3.8) is 0 Å². The van der Waals surface area contributed by atoms with Crippen molar-refractivity contribution in [2.75, 3.05) is 0 Å². The molecule has 0 nitrogen and oxygen atoms in total. The van der Waals surface area contributed by atoms with Crippen LogP contribution in [0.15, 0.2) is 146 Å². The lowest BCUT2D eigenvalue weighted by Gasteiger charge is -2.27. The van der Waals surface area contributed by atoms with Crippen LogP contribution in [0.3, 0.4) is 0 Å². The molecular formula is C42H39ClSi. The van der Waals surface area contributed by atoms with Crippen molar-refractivity contribution in [1.82, 2.24) is 0 Å². The van der Waals surface area contributed by atoms with Gasteiger partial charge in [0.25, 0.3) is 0 Å². The van der Waals surface area contributed by atoms with Gasteiger partial charge in [0.1, 0.15) is 0 Å². The minimum atomic E-state index is -2.77. The van der Waals surface area contributed by atoms with E-state index in [2.05, 4.69) is 166 Å². The lowest BCUT2D eigenvalue weighted by molar-refractivity contribution is 1.19. The molecule has 44 heavy (non-hydrogen) atoms. The molecule has 0 atom stereocenters. The highest BCUT2D eigenvalue weighted by Gasteiger charge is 2.38. The molecule has 0 unspecified atom stereocenters. The molecule has 0 fully saturated rings. The van der Waals surface area contributed by atoms with E-state index in [1.165, 1.54) is 65.6 Å². The molecule has 0 amide bonds. The molecule has 0 aliphatic heterocycles. The summed E-state index contributed by atoms with van der Waals surface area (Å²) >= 11 is 7.94. The van der Waals surface area contributed by atoms with E-state index in [1.54, 1.807) is 0 Å². The normalized spacial score (nSPS) is 11.5. The summed E-state index contributed by atoms with van der Waals surface area (Å²) in [4.78, 5) is 0. The first-order valence-electron chi connectivity index (χ1n) is 15.5. The molecule has 6 aromatic carbocycles. The van der Waals surface area contributed by atoms with Crippen LogP contribution < -0.4 is 15.6 Å². The van der Waals surface area contributed by atoms with E-state index in [4.69, 9.17) is 11.1 Å². The summed E-state index contributed by atoms with van der Waals surface area (Å²) in [6.07, 6.45) is 2.75. The van der Waals surface area contributed by atoms with Crippen molar-refractivity contribution < 1.29 is 0 Å². The van der Waals surface area contributed by atoms with Gasteiger partial charge in [0.05, 0.1) is 0 Å². The fourth-order valence-corrected chi connectivity index (χ4v) is 9.89. The van der Waals surface area contributed by atoms with Gasteiger partial charge < -0.3 is 0 Å². The van der Waals surface area contributed by atoms with Gasteiger partial charge in [-0.3, -0.25) is 0 Å². The summed E-state index contributed by atoms with van der Waals surface area (Å²) in [6.45, 7) is 6.40. The number of halogens is 1. The van der Waals surface area contributed by atoms with Crippen molar-refractivity contribution in [2.45, 2.75) is 40.0 Å². The van der Waals surface area contributed by atoms with E-state index >= 15 is 0 Å². The highest BCUT2D eigenvalue weighted by Crippen LogP contribution is 2.18. The van der Waals surface area contributed by atoms with Crippen LogP contribution in [0.1, 0.15) is 50.1 Å². The fraction of sp³-hybridized carbons (Fsp3) is 0.143. The van der Waals surface area contributed by atoms with Crippen molar-refractivity contribution >= 4 is 34.0 Å². The Kier molecular flexibility index (Phi) is 8.98. The quantitative estimate of drug-likeness (QED) is 0.0878. The van der Waals surface area contributed by atoms with Crippen molar-refractivity contribution in [3.8, 4) is 0 Å². The van der Waals surface area contributed by atoms with Gasteiger partial charge in [-0.25, -0.2) is 0 Å². The summed E-state index contributed by atoms with van der Waals surface area (Å²) in [5.41, 5.74) is 11.7. The number of aryl methyl sites for hydroxylation is 3. The zero-order valence-electron chi connectivity index (χ0n) is 25.9. The summed E-state index contributed by atoms with van der Waals surface area (Å²) in [6, 6.07) is 53.6. The molecule has 0 spiro atoms. The largest absolute Gasteiger partial charge is 0.247 e. The van der Waals surface area contributed by atoms with Gasteiger partial charge in [0.15, 0.2) is 0 Å². The first kappa shape index (κ1) is 29.9. The van der Waals surface area contributed by atoms with E-state index in [-0.39, 0.29) is 0 Å². The molecule has 2 heteroatoms. The minimum absolute atomic E-state index is 0.915. The van der Waals surface area contributed by atoms with Crippen LogP contribution in [0.25, 0.3) is 0 Å². The Hall–Kier alpha value is -4.17. The topological polar surface area (TPSA) is 0 Å². The molecule has 0 aliphatic rings. The number of hydrogen-bond acceptors (Lipinski definition) is 0.